The third kappa shape index (κ3) is 3.97. The summed E-state index contributed by atoms with van der Waals surface area (Å²) in [4.78, 5) is 16.2. The first-order valence-electron chi connectivity index (χ1n) is 7.63. The van der Waals surface area contributed by atoms with Crippen LogP contribution in [0.5, 0.6) is 0 Å². The molecule has 5 nitrogen and oxygen atoms in total. The average molecular weight is 338 g/mol. The van der Waals surface area contributed by atoms with Crippen molar-refractivity contribution in [3.05, 3.63) is 42.7 Å². The van der Waals surface area contributed by atoms with Crippen molar-refractivity contribution in [3.63, 3.8) is 0 Å². The summed E-state index contributed by atoms with van der Waals surface area (Å²) in [6.07, 6.45) is 0.557. The third-order valence-corrected chi connectivity index (χ3v) is 3.50. The van der Waals surface area contributed by atoms with Crippen LogP contribution in [0.25, 0.3) is 11.0 Å². The van der Waals surface area contributed by atoms with Crippen molar-refractivity contribution in [2.24, 2.45) is 0 Å². The average Bonchev–Trinajstić information content (AvgIpc) is 2.94. The number of carbonyl (C=O) groups excluding carboxylic acids is 1. The number of fused-ring (bicyclic) bond motifs is 1. The largest absolute Gasteiger partial charge is 0.453 e. The molecule has 2 atom stereocenters. The number of imidazole rings is 1. The molecule has 2 aromatic rings. The molecule has 0 spiro atoms. The van der Waals surface area contributed by atoms with Gasteiger partial charge in [0.1, 0.15) is 0 Å². The number of alkyl halides is 2. The molecule has 2 unspecified atom stereocenters. The predicted octanol–water partition coefficient (Wildman–Crippen LogP) is 4.02. The molecule has 7 heteroatoms. The van der Waals surface area contributed by atoms with E-state index in [1.54, 1.807) is 37.3 Å². The summed E-state index contributed by atoms with van der Waals surface area (Å²) in [7, 11) is 0. The topological polar surface area (TPSA) is 53.4 Å². The van der Waals surface area contributed by atoms with Crippen LogP contribution in [0.15, 0.2) is 36.9 Å². The van der Waals surface area contributed by atoms with Crippen LogP contribution in [0.3, 0.4) is 0 Å². The van der Waals surface area contributed by atoms with E-state index in [-0.39, 0.29) is 5.82 Å². The molecule has 1 aromatic heterocycles. The Kier molecular flexibility index (Phi) is 6.03. The van der Waals surface area contributed by atoms with Gasteiger partial charge in [-0.25, -0.2) is 9.78 Å². The van der Waals surface area contributed by atoms with Crippen molar-refractivity contribution in [1.82, 2.24) is 9.55 Å². The van der Waals surface area contributed by atoms with Gasteiger partial charge < -0.3 is 9.47 Å². The Morgan fingerprint density at radius 1 is 1.38 bits per heavy atom. The second-order valence-corrected chi connectivity index (χ2v) is 5.28. The second-order valence-electron chi connectivity index (χ2n) is 5.28. The van der Waals surface area contributed by atoms with E-state index in [9.17, 15) is 13.6 Å². The molecule has 2 rings (SSSR count). The van der Waals surface area contributed by atoms with E-state index in [1.807, 2.05) is 0 Å². The van der Waals surface area contributed by atoms with Crippen LogP contribution in [0.4, 0.5) is 8.78 Å². The number of halogens is 2. The van der Waals surface area contributed by atoms with Crippen LogP contribution in [-0.2, 0) is 14.3 Å². The van der Waals surface area contributed by atoms with Gasteiger partial charge in [0.25, 0.3) is 0 Å². The van der Waals surface area contributed by atoms with Gasteiger partial charge in [-0.05, 0) is 32.4 Å². The molecule has 24 heavy (non-hydrogen) atoms. The first-order valence-corrected chi connectivity index (χ1v) is 7.63. The monoisotopic (exact) mass is 338 g/mol. The summed E-state index contributed by atoms with van der Waals surface area (Å²) in [5.41, 5.74) is 0.715. The maximum Gasteiger partial charge on any atom is 0.335 e. The molecule has 0 bridgehead atoms. The van der Waals surface area contributed by atoms with E-state index in [0.717, 1.165) is 4.57 Å². The van der Waals surface area contributed by atoms with Gasteiger partial charge >= 0.3 is 12.5 Å². The van der Waals surface area contributed by atoms with Crippen molar-refractivity contribution in [2.75, 3.05) is 6.61 Å². The quantitative estimate of drug-likeness (QED) is 0.414. The Bertz CT molecular complexity index is 715. The molecule has 0 saturated heterocycles. The Morgan fingerprint density at radius 2 is 2.08 bits per heavy atom. The molecule has 1 heterocycles. The Balaban J connectivity index is 2.16. The van der Waals surface area contributed by atoms with Crippen LogP contribution in [0, 0.1) is 0 Å². The minimum Gasteiger partial charge on any atom is -0.453 e. The standard InChI is InChI=1S/C17H20F2N2O3/c1-4-5-10-23-12(3)16(22)24-11(2)15-20-13-8-6-7-9-14(13)21(15)17(18)19/h4,6-9,11-12,17H,1,5,10H2,2-3H3. The van der Waals surface area contributed by atoms with Crippen molar-refractivity contribution in [2.45, 2.75) is 39.0 Å². The number of aromatic nitrogens is 2. The number of rotatable bonds is 8. The lowest BCUT2D eigenvalue weighted by molar-refractivity contribution is -0.161. The first kappa shape index (κ1) is 18.1. The van der Waals surface area contributed by atoms with Crippen molar-refractivity contribution < 1.29 is 23.0 Å². The van der Waals surface area contributed by atoms with E-state index in [1.165, 1.54) is 6.92 Å². The highest BCUT2D eigenvalue weighted by Crippen LogP contribution is 2.28. The van der Waals surface area contributed by atoms with E-state index < -0.39 is 24.7 Å². The zero-order valence-corrected chi connectivity index (χ0v) is 13.6. The van der Waals surface area contributed by atoms with Gasteiger partial charge in [-0.2, -0.15) is 8.78 Å². The Hall–Kier alpha value is -2.28. The molecule has 0 fully saturated rings. The van der Waals surface area contributed by atoms with E-state index in [0.29, 0.717) is 24.1 Å². The zero-order chi connectivity index (χ0) is 17.7. The van der Waals surface area contributed by atoms with Gasteiger partial charge in [-0.15, -0.1) is 6.58 Å². The van der Waals surface area contributed by atoms with E-state index in [2.05, 4.69) is 11.6 Å². The predicted molar refractivity (Wildman–Crippen MR) is 85.7 cm³/mol. The lowest BCUT2D eigenvalue weighted by atomic mass is 10.3. The Labute approximate surface area is 138 Å². The molecule has 0 N–H and O–H groups in total. The van der Waals surface area contributed by atoms with Crippen molar-refractivity contribution in [1.29, 1.82) is 0 Å². The summed E-state index contributed by atoms with van der Waals surface area (Å²) in [6.45, 7) is 4.17. The smallest absolute Gasteiger partial charge is 0.335 e. The number of benzene rings is 1. The highest BCUT2D eigenvalue weighted by molar-refractivity contribution is 5.77. The molecule has 130 valence electrons. The molecule has 0 saturated carbocycles. The molecular weight excluding hydrogens is 318 g/mol. The highest BCUT2D eigenvalue weighted by Gasteiger charge is 2.26. The normalized spacial score (nSPS) is 13.9. The van der Waals surface area contributed by atoms with E-state index >= 15 is 0 Å². The number of para-hydroxylation sites is 2. The van der Waals surface area contributed by atoms with Crippen LogP contribution in [0.2, 0.25) is 0 Å². The second kappa shape index (κ2) is 8.01. The summed E-state index contributed by atoms with van der Waals surface area (Å²) in [5, 5.41) is 0. The molecule has 0 amide bonds. The number of nitrogens with zero attached hydrogens (tertiary/aromatic N) is 2. The van der Waals surface area contributed by atoms with Crippen molar-refractivity contribution >= 4 is 17.0 Å². The van der Waals surface area contributed by atoms with E-state index in [4.69, 9.17) is 9.47 Å². The van der Waals surface area contributed by atoms with Gasteiger partial charge in [-0.1, -0.05) is 18.2 Å². The zero-order valence-electron chi connectivity index (χ0n) is 13.6. The Morgan fingerprint density at radius 3 is 2.75 bits per heavy atom. The number of hydrogen-bond acceptors (Lipinski definition) is 4. The van der Waals surface area contributed by atoms with Crippen LogP contribution >= 0.6 is 0 Å². The highest BCUT2D eigenvalue weighted by atomic mass is 19.3. The number of hydrogen-bond donors (Lipinski definition) is 0. The lowest BCUT2D eigenvalue weighted by Crippen LogP contribution is -2.26. The van der Waals surface area contributed by atoms with Crippen LogP contribution < -0.4 is 0 Å². The molecule has 0 aliphatic rings. The van der Waals surface area contributed by atoms with Gasteiger partial charge in [0.15, 0.2) is 18.0 Å². The van der Waals surface area contributed by atoms with Gasteiger partial charge in [0, 0.05) is 0 Å². The molecular formula is C17H20F2N2O3. The fourth-order valence-electron chi connectivity index (χ4n) is 2.27. The molecule has 0 aliphatic carbocycles. The fourth-order valence-corrected chi connectivity index (χ4v) is 2.27. The SMILES string of the molecule is C=CCCOC(C)C(=O)OC(C)c1nc2ccccc2n1C(F)F. The number of esters is 1. The summed E-state index contributed by atoms with van der Waals surface area (Å²) in [6, 6.07) is 6.54. The van der Waals surface area contributed by atoms with Crippen LogP contribution in [0.1, 0.15) is 38.7 Å². The van der Waals surface area contributed by atoms with Gasteiger partial charge in [-0.3, -0.25) is 4.57 Å². The lowest BCUT2D eigenvalue weighted by Gasteiger charge is -2.18. The summed E-state index contributed by atoms with van der Waals surface area (Å²) < 4.78 is 38.1. The summed E-state index contributed by atoms with van der Waals surface area (Å²) in [5.74, 6) is -0.628. The maximum atomic E-state index is 13.4. The summed E-state index contributed by atoms with van der Waals surface area (Å²) >= 11 is 0. The third-order valence-electron chi connectivity index (χ3n) is 3.50. The number of ether oxygens (including phenoxy) is 2. The molecule has 0 aliphatic heterocycles. The number of carbonyl (C=O) groups is 1. The maximum absolute atomic E-state index is 13.4. The first-order chi connectivity index (χ1) is 11.5. The fraction of sp³-hybridized carbons (Fsp3) is 0.412. The molecule has 0 radical (unpaired) electrons. The minimum absolute atomic E-state index is 0.00200. The van der Waals surface area contributed by atoms with Crippen molar-refractivity contribution in [3.8, 4) is 0 Å². The minimum atomic E-state index is -2.78. The van der Waals surface area contributed by atoms with Gasteiger partial charge in [0.2, 0.25) is 0 Å². The van der Waals surface area contributed by atoms with Gasteiger partial charge in [0.05, 0.1) is 17.6 Å². The van der Waals surface area contributed by atoms with Crippen LogP contribution in [-0.4, -0.2) is 28.2 Å². The molecule has 1 aromatic carbocycles.